The quantitative estimate of drug-likeness (QED) is 0.875. The maximum atomic E-state index is 3.53. The minimum Gasteiger partial charge on any atom is -0.368 e. The van der Waals surface area contributed by atoms with E-state index in [9.17, 15) is 0 Å². The fourth-order valence-corrected chi connectivity index (χ4v) is 3.35. The molecule has 0 aliphatic carbocycles. The van der Waals surface area contributed by atoms with Crippen molar-refractivity contribution in [1.82, 2.24) is 10.2 Å². The molecule has 19 heavy (non-hydrogen) atoms. The number of benzene rings is 1. The monoisotopic (exact) mass is 259 g/mol. The molecule has 1 atom stereocenters. The number of piperazine rings is 2. The molecule has 0 radical (unpaired) electrons. The van der Waals surface area contributed by atoms with E-state index >= 15 is 0 Å². The van der Waals surface area contributed by atoms with Crippen molar-refractivity contribution < 1.29 is 0 Å². The minimum atomic E-state index is 0.596. The fraction of sp³-hybridized carbons (Fsp3) is 0.625. The zero-order valence-corrected chi connectivity index (χ0v) is 12.1. The lowest BCUT2D eigenvalue weighted by molar-refractivity contribution is 0.146. The van der Waals surface area contributed by atoms with Crippen molar-refractivity contribution >= 4 is 5.69 Å². The van der Waals surface area contributed by atoms with Crippen LogP contribution in [0.15, 0.2) is 24.3 Å². The molecular formula is C16H25N3. The van der Waals surface area contributed by atoms with Gasteiger partial charge >= 0.3 is 0 Å². The Labute approximate surface area is 116 Å². The summed E-state index contributed by atoms with van der Waals surface area (Å²) >= 11 is 0. The Bertz CT molecular complexity index is 430. The van der Waals surface area contributed by atoms with Gasteiger partial charge in [-0.3, -0.25) is 4.90 Å². The van der Waals surface area contributed by atoms with E-state index in [4.69, 9.17) is 0 Å². The third-order valence-corrected chi connectivity index (χ3v) is 4.46. The number of anilines is 1. The van der Waals surface area contributed by atoms with Gasteiger partial charge in [-0.05, 0) is 17.5 Å². The van der Waals surface area contributed by atoms with Gasteiger partial charge in [0.15, 0.2) is 0 Å². The molecule has 104 valence electrons. The van der Waals surface area contributed by atoms with Gasteiger partial charge in [0.05, 0.1) is 0 Å². The maximum absolute atomic E-state index is 3.53. The van der Waals surface area contributed by atoms with Gasteiger partial charge in [0.1, 0.15) is 0 Å². The molecule has 0 saturated carbocycles. The van der Waals surface area contributed by atoms with Crippen molar-refractivity contribution in [3.05, 3.63) is 29.8 Å². The Kier molecular flexibility index (Phi) is 3.76. The Morgan fingerprint density at radius 2 is 2.00 bits per heavy atom. The molecule has 2 fully saturated rings. The largest absolute Gasteiger partial charge is 0.368 e. The zero-order valence-electron chi connectivity index (χ0n) is 12.1. The third-order valence-electron chi connectivity index (χ3n) is 4.46. The lowest BCUT2D eigenvalue weighted by atomic mass is 9.99. The molecule has 2 aliphatic rings. The Morgan fingerprint density at radius 1 is 1.16 bits per heavy atom. The summed E-state index contributed by atoms with van der Waals surface area (Å²) in [6, 6.07) is 9.60. The first kappa shape index (κ1) is 12.9. The second kappa shape index (κ2) is 5.51. The van der Waals surface area contributed by atoms with Crippen LogP contribution in [0, 0.1) is 0 Å². The van der Waals surface area contributed by atoms with E-state index in [1.165, 1.54) is 30.9 Å². The lowest BCUT2D eigenvalue weighted by Gasteiger charge is -2.45. The molecule has 2 aliphatic heterocycles. The lowest BCUT2D eigenvalue weighted by Crippen LogP contribution is -2.61. The molecule has 0 bridgehead atoms. The molecule has 2 heterocycles. The molecular weight excluding hydrogens is 234 g/mol. The van der Waals surface area contributed by atoms with Gasteiger partial charge in [0.2, 0.25) is 0 Å². The van der Waals surface area contributed by atoms with Crippen LogP contribution < -0.4 is 10.2 Å². The number of fused-ring (bicyclic) bond motifs is 1. The summed E-state index contributed by atoms with van der Waals surface area (Å²) in [6.45, 7) is 11.6. The number of para-hydroxylation sites is 1. The van der Waals surface area contributed by atoms with Gasteiger partial charge in [0, 0.05) is 51.0 Å². The van der Waals surface area contributed by atoms with Crippen molar-refractivity contribution in [2.24, 2.45) is 0 Å². The molecule has 1 N–H and O–H groups in total. The smallest absolute Gasteiger partial charge is 0.0402 e. The highest BCUT2D eigenvalue weighted by atomic mass is 15.3. The van der Waals surface area contributed by atoms with E-state index in [0.29, 0.717) is 12.0 Å². The molecule has 3 rings (SSSR count). The Morgan fingerprint density at radius 3 is 2.84 bits per heavy atom. The van der Waals surface area contributed by atoms with Gasteiger partial charge < -0.3 is 10.2 Å². The van der Waals surface area contributed by atoms with E-state index in [1.807, 2.05) is 0 Å². The van der Waals surface area contributed by atoms with Gasteiger partial charge in [-0.1, -0.05) is 32.0 Å². The predicted octanol–water partition coefficient (Wildman–Crippen LogP) is 1.90. The highest BCUT2D eigenvalue weighted by molar-refractivity contribution is 5.55. The van der Waals surface area contributed by atoms with Crippen LogP contribution in [-0.4, -0.2) is 50.2 Å². The van der Waals surface area contributed by atoms with Crippen molar-refractivity contribution in [2.75, 3.05) is 44.2 Å². The van der Waals surface area contributed by atoms with Crippen LogP contribution in [0.3, 0.4) is 0 Å². The van der Waals surface area contributed by atoms with E-state index in [0.717, 1.165) is 19.6 Å². The molecule has 1 unspecified atom stereocenters. The zero-order chi connectivity index (χ0) is 13.2. The summed E-state index contributed by atoms with van der Waals surface area (Å²) in [5.41, 5.74) is 2.93. The fourth-order valence-electron chi connectivity index (χ4n) is 3.35. The van der Waals surface area contributed by atoms with Crippen LogP contribution in [0.4, 0.5) is 5.69 Å². The normalized spacial score (nSPS) is 24.6. The molecule has 0 spiro atoms. The molecule has 3 heteroatoms. The summed E-state index contributed by atoms with van der Waals surface area (Å²) in [4.78, 5) is 5.23. The first-order valence-corrected chi connectivity index (χ1v) is 7.54. The average Bonchev–Trinajstić information content (AvgIpc) is 2.46. The SMILES string of the molecule is CC(C)c1ccccc1N1CCN2CCNCC2C1. The number of nitrogens with zero attached hydrogens (tertiary/aromatic N) is 2. The third kappa shape index (κ3) is 2.63. The first-order chi connectivity index (χ1) is 9.25. The second-order valence-electron chi connectivity index (χ2n) is 6.05. The van der Waals surface area contributed by atoms with Crippen LogP contribution in [-0.2, 0) is 0 Å². The number of rotatable bonds is 2. The van der Waals surface area contributed by atoms with Crippen LogP contribution in [0.1, 0.15) is 25.3 Å². The van der Waals surface area contributed by atoms with E-state index in [1.54, 1.807) is 0 Å². The average molecular weight is 259 g/mol. The van der Waals surface area contributed by atoms with E-state index in [-0.39, 0.29) is 0 Å². The number of nitrogens with one attached hydrogen (secondary N) is 1. The summed E-state index contributed by atoms with van der Waals surface area (Å²) < 4.78 is 0. The second-order valence-corrected chi connectivity index (χ2v) is 6.05. The van der Waals surface area contributed by atoms with Crippen molar-refractivity contribution in [1.29, 1.82) is 0 Å². The van der Waals surface area contributed by atoms with Crippen molar-refractivity contribution in [3.63, 3.8) is 0 Å². The topological polar surface area (TPSA) is 18.5 Å². The highest BCUT2D eigenvalue weighted by Crippen LogP contribution is 2.29. The van der Waals surface area contributed by atoms with Gasteiger partial charge in [0.25, 0.3) is 0 Å². The van der Waals surface area contributed by atoms with Gasteiger partial charge in [-0.2, -0.15) is 0 Å². The number of hydrogen-bond acceptors (Lipinski definition) is 3. The predicted molar refractivity (Wildman–Crippen MR) is 81.0 cm³/mol. The molecule has 2 saturated heterocycles. The summed E-state index contributed by atoms with van der Waals surface area (Å²) in [6.07, 6.45) is 0. The van der Waals surface area contributed by atoms with Gasteiger partial charge in [-0.25, -0.2) is 0 Å². The van der Waals surface area contributed by atoms with Crippen LogP contribution in [0.25, 0.3) is 0 Å². The molecule has 1 aromatic rings. The molecule has 3 nitrogen and oxygen atoms in total. The minimum absolute atomic E-state index is 0.596. The Hall–Kier alpha value is -1.06. The Balaban J connectivity index is 1.79. The summed E-state index contributed by atoms with van der Waals surface area (Å²) in [7, 11) is 0. The number of hydrogen-bond donors (Lipinski definition) is 1. The highest BCUT2D eigenvalue weighted by Gasteiger charge is 2.29. The van der Waals surface area contributed by atoms with E-state index < -0.39 is 0 Å². The standard InChI is InChI=1S/C16H25N3/c1-13(2)15-5-3-4-6-16(15)19-10-9-18-8-7-17-11-14(18)12-19/h3-6,13-14,17H,7-12H2,1-2H3. The first-order valence-electron chi connectivity index (χ1n) is 7.54. The molecule has 1 aromatic carbocycles. The summed E-state index contributed by atoms with van der Waals surface area (Å²) in [5.74, 6) is 0.596. The summed E-state index contributed by atoms with van der Waals surface area (Å²) in [5, 5.41) is 3.53. The van der Waals surface area contributed by atoms with Crippen molar-refractivity contribution in [3.8, 4) is 0 Å². The van der Waals surface area contributed by atoms with Crippen molar-refractivity contribution in [2.45, 2.75) is 25.8 Å². The van der Waals surface area contributed by atoms with E-state index in [2.05, 4.69) is 53.2 Å². The molecule has 0 amide bonds. The van der Waals surface area contributed by atoms with Gasteiger partial charge in [-0.15, -0.1) is 0 Å². The van der Waals surface area contributed by atoms with Crippen LogP contribution >= 0.6 is 0 Å². The van der Waals surface area contributed by atoms with Crippen LogP contribution in [0.5, 0.6) is 0 Å². The van der Waals surface area contributed by atoms with Crippen LogP contribution in [0.2, 0.25) is 0 Å². The molecule has 0 aromatic heterocycles. The maximum Gasteiger partial charge on any atom is 0.0402 e.